The van der Waals surface area contributed by atoms with E-state index in [4.69, 9.17) is 20.1 Å². The molecule has 10 heavy (non-hydrogen) atoms. The third-order valence-electron chi connectivity index (χ3n) is 1.71. The van der Waals surface area contributed by atoms with Crippen molar-refractivity contribution in [2.75, 3.05) is 0 Å². The van der Waals surface area contributed by atoms with Crippen LogP contribution < -0.4 is 0 Å². The molecule has 1 aliphatic rings. The molecule has 60 valence electrons. The van der Waals surface area contributed by atoms with E-state index in [0.717, 1.165) is 0 Å². The number of hydrogen-bond donors (Lipinski definition) is 3. The third-order valence-corrected chi connectivity index (χ3v) is 1.71. The lowest BCUT2D eigenvalue weighted by Gasteiger charge is -2.32. The van der Waals surface area contributed by atoms with Gasteiger partial charge >= 0.3 is 0 Å². The molecule has 1 saturated heterocycles. The van der Waals surface area contributed by atoms with Crippen molar-refractivity contribution in [3.63, 3.8) is 0 Å². The molecule has 0 aromatic heterocycles. The summed E-state index contributed by atoms with van der Waals surface area (Å²) in [5.41, 5.74) is 0. The summed E-state index contributed by atoms with van der Waals surface area (Å²) >= 11 is 0. The molecule has 0 aliphatic carbocycles. The van der Waals surface area contributed by atoms with E-state index in [1.165, 1.54) is 0 Å². The highest BCUT2D eigenvalue weighted by molar-refractivity contribution is 4.76. The Kier molecular flexibility index (Phi) is 2.25. The standard InChI is InChI=1S/C6H12O4/c1-3-4(7)2-5(8)6(9)10-3/h3-9H,2H2,1H3/t3-,4+,5-,6-/m0/s1. The van der Waals surface area contributed by atoms with Crippen LogP contribution in [-0.4, -0.2) is 39.9 Å². The second-order valence-corrected chi connectivity index (χ2v) is 2.60. The minimum absolute atomic E-state index is 0.183. The van der Waals surface area contributed by atoms with Crippen molar-refractivity contribution in [2.24, 2.45) is 0 Å². The second kappa shape index (κ2) is 2.84. The predicted octanol–water partition coefficient (Wildman–Crippen LogP) is -1.16. The maximum Gasteiger partial charge on any atom is 0.181 e. The summed E-state index contributed by atoms with van der Waals surface area (Å²) in [5, 5.41) is 26.9. The lowest BCUT2D eigenvalue weighted by Crippen LogP contribution is -2.45. The Hall–Kier alpha value is -0.160. The molecule has 1 aliphatic heterocycles. The first-order chi connectivity index (χ1) is 4.61. The Balaban J connectivity index is 2.46. The van der Waals surface area contributed by atoms with Gasteiger partial charge in [-0.25, -0.2) is 0 Å². The maximum absolute atomic E-state index is 9.07. The average molecular weight is 148 g/mol. The van der Waals surface area contributed by atoms with Gasteiger partial charge in [0.05, 0.1) is 12.2 Å². The highest BCUT2D eigenvalue weighted by atomic mass is 16.6. The molecule has 0 amide bonds. The first-order valence-corrected chi connectivity index (χ1v) is 3.31. The number of aliphatic hydroxyl groups excluding tert-OH is 3. The Bertz CT molecular complexity index is 90.3. The molecular formula is C6H12O4. The van der Waals surface area contributed by atoms with Gasteiger partial charge in [0.2, 0.25) is 0 Å². The summed E-state index contributed by atoms with van der Waals surface area (Å²) in [5.74, 6) is 0. The van der Waals surface area contributed by atoms with Crippen molar-refractivity contribution < 1.29 is 20.1 Å². The van der Waals surface area contributed by atoms with Crippen LogP contribution in [0.1, 0.15) is 13.3 Å². The predicted molar refractivity (Wildman–Crippen MR) is 33.2 cm³/mol. The molecule has 4 nitrogen and oxygen atoms in total. The lowest BCUT2D eigenvalue weighted by atomic mass is 10.0. The maximum atomic E-state index is 9.07. The monoisotopic (exact) mass is 148 g/mol. The van der Waals surface area contributed by atoms with Crippen LogP contribution >= 0.6 is 0 Å². The Morgan fingerprint density at radius 3 is 2.30 bits per heavy atom. The molecule has 3 N–H and O–H groups in total. The van der Waals surface area contributed by atoms with Gasteiger partial charge in [0.25, 0.3) is 0 Å². The van der Waals surface area contributed by atoms with E-state index in [0.29, 0.717) is 0 Å². The van der Waals surface area contributed by atoms with Crippen molar-refractivity contribution >= 4 is 0 Å². The van der Waals surface area contributed by atoms with Crippen molar-refractivity contribution in [3.05, 3.63) is 0 Å². The van der Waals surface area contributed by atoms with Gasteiger partial charge in [-0.05, 0) is 6.92 Å². The van der Waals surface area contributed by atoms with E-state index in [9.17, 15) is 0 Å². The molecule has 0 unspecified atom stereocenters. The molecular weight excluding hydrogens is 136 g/mol. The quantitative estimate of drug-likeness (QED) is 0.405. The highest BCUT2D eigenvalue weighted by Crippen LogP contribution is 2.17. The minimum atomic E-state index is -1.14. The number of aliphatic hydroxyl groups is 3. The Morgan fingerprint density at radius 2 is 1.80 bits per heavy atom. The molecule has 4 heteroatoms. The van der Waals surface area contributed by atoms with E-state index < -0.39 is 24.6 Å². The first-order valence-electron chi connectivity index (χ1n) is 3.31. The molecule has 0 spiro atoms. The van der Waals surface area contributed by atoms with Crippen LogP contribution in [-0.2, 0) is 4.74 Å². The number of ether oxygens (including phenoxy) is 1. The molecule has 0 radical (unpaired) electrons. The van der Waals surface area contributed by atoms with Crippen LogP contribution in [0.4, 0.5) is 0 Å². The molecule has 0 aromatic rings. The van der Waals surface area contributed by atoms with E-state index in [1.807, 2.05) is 0 Å². The van der Waals surface area contributed by atoms with Crippen LogP contribution in [0.15, 0.2) is 0 Å². The molecule has 0 saturated carbocycles. The third kappa shape index (κ3) is 1.46. The molecule has 1 rings (SSSR count). The lowest BCUT2D eigenvalue weighted by molar-refractivity contribution is -0.240. The van der Waals surface area contributed by atoms with E-state index in [-0.39, 0.29) is 6.42 Å². The second-order valence-electron chi connectivity index (χ2n) is 2.60. The van der Waals surface area contributed by atoms with Crippen LogP contribution in [0.5, 0.6) is 0 Å². The van der Waals surface area contributed by atoms with Crippen molar-refractivity contribution in [3.8, 4) is 0 Å². The Labute approximate surface area is 59.1 Å². The topological polar surface area (TPSA) is 69.9 Å². The van der Waals surface area contributed by atoms with Gasteiger partial charge < -0.3 is 20.1 Å². The van der Waals surface area contributed by atoms with Gasteiger partial charge in [0.1, 0.15) is 6.10 Å². The smallest absolute Gasteiger partial charge is 0.181 e. The first kappa shape index (κ1) is 7.94. The normalized spacial score (nSPS) is 49.2. The molecule has 0 bridgehead atoms. The molecule has 0 aromatic carbocycles. The van der Waals surface area contributed by atoms with Gasteiger partial charge in [-0.2, -0.15) is 0 Å². The van der Waals surface area contributed by atoms with E-state index in [1.54, 1.807) is 6.92 Å². The van der Waals surface area contributed by atoms with E-state index >= 15 is 0 Å². The van der Waals surface area contributed by atoms with Gasteiger partial charge in [-0.1, -0.05) is 0 Å². The average Bonchev–Trinajstić information content (AvgIpc) is 1.84. The SMILES string of the molecule is C[C@@H]1O[C@H](O)[C@@H](O)C[C@H]1O. The fourth-order valence-electron chi connectivity index (χ4n) is 0.957. The highest BCUT2D eigenvalue weighted by Gasteiger charge is 2.32. The fraction of sp³-hybridized carbons (Fsp3) is 1.00. The Morgan fingerprint density at radius 1 is 1.20 bits per heavy atom. The molecule has 4 atom stereocenters. The largest absolute Gasteiger partial charge is 0.390 e. The van der Waals surface area contributed by atoms with Crippen molar-refractivity contribution in [1.29, 1.82) is 0 Å². The molecule has 1 heterocycles. The zero-order valence-corrected chi connectivity index (χ0v) is 5.77. The van der Waals surface area contributed by atoms with Crippen LogP contribution in [0.2, 0.25) is 0 Å². The van der Waals surface area contributed by atoms with Crippen molar-refractivity contribution in [2.45, 2.75) is 37.9 Å². The van der Waals surface area contributed by atoms with Gasteiger partial charge in [-0.15, -0.1) is 0 Å². The summed E-state index contributed by atoms with van der Waals surface area (Å²) in [6.45, 7) is 1.65. The van der Waals surface area contributed by atoms with Crippen LogP contribution in [0, 0.1) is 0 Å². The van der Waals surface area contributed by atoms with Crippen molar-refractivity contribution in [1.82, 2.24) is 0 Å². The zero-order chi connectivity index (χ0) is 7.72. The van der Waals surface area contributed by atoms with Crippen LogP contribution in [0.25, 0.3) is 0 Å². The number of hydrogen-bond acceptors (Lipinski definition) is 4. The summed E-state index contributed by atoms with van der Waals surface area (Å²) in [7, 11) is 0. The summed E-state index contributed by atoms with van der Waals surface area (Å²) in [4.78, 5) is 0. The number of rotatable bonds is 0. The van der Waals surface area contributed by atoms with E-state index in [2.05, 4.69) is 0 Å². The van der Waals surface area contributed by atoms with Gasteiger partial charge in [0, 0.05) is 6.42 Å². The summed E-state index contributed by atoms with van der Waals surface area (Å²) in [6.07, 6.45) is -2.97. The summed E-state index contributed by atoms with van der Waals surface area (Å²) in [6, 6.07) is 0. The zero-order valence-electron chi connectivity index (χ0n) is 5.77. The molecule has 1 fully saturated rings. The van der Waals surface area contributed by atoms with Gasteiger partial charge in [0.15, 0.2) is 6.29 Å². The summed E-state index contributed by atoms with van der Waals surface area (Å²) < 4.78 is 4.77. The van der Waals surface area contributed by atoms with Crippen LogP contribution in [0.3, 0.4) is 0 Å². The van der Waals surface area contributed by atoms with Gasteiger partial charge in [-0.3, -0.25) is 0 Å². The minimum Gasteiger partial charge on any atom is -0.390 e. The fourth-order valence-corrected chi connectivity index (χ4v) is 0.957.